The molecule has 4 nitrogen and oxygen atoms in total. The molecule has 0 aromatic heterocycles. The lowest BCUT2D eigenvalue weighted by molar-refractivity contribution is 0.0465. The van der Waals surface area contributed by atoms with E-state index in [0.717, 1.165) is 0 Å². The van der Waals surface area contributed by atoms with Gasteiger partial charge in [0.1, 0.15) is 6.61 Å². The summed E-state index contributed by atoms with van der Waals surface area (Å²) in [7, 11) is 0. The summed E-state index contributed by atoms with van der Waals surface area (Å²) in [6, 6.07) is 15.0. The van der Waals surface area contributed by atoms with E-state index in [0.29, 0.717) is 11.1 Å². The number of hydrogen-bond acceptors (Lipinski definition) is 3. The fraction of sp³-hybridized carbons (Fsp3) is 0.0667. The van der Waals surface area contributed by atoms with Crippen molar-refractivity contribution in [1.82, 2.24) is 0 Å². The van der Waals surface area contributed by atoms with Gasteiger partial charge in [0.05, 0.1) is 11.1 Å². The molecular formula is C15H12O4. The minimum atomic E-state index is -1.04. The summed E-state index contributed by atoms with van der Waals surface area (Å²) in [6.45, 7) is -0.0593. The molecule has 2 rings (SSSR count). The van der Waals surface area contributed by atoms with Gasteiger partial charge >= 0.3 is 11.9 Å². The summed E-state index contributed by atoms with van der Waals surface area (Å²) in [6.07, 6.45) is 0. The Morgan fingerprint density at radius 1 is 0.947 bits per heavy atom. The van der Waals surface area contributed by atoms with Crippen LogP contribution >= 0.6 is 0 Å². The van der Waals surface area contributed by atoms with E-state index in [1.165, 1.54) is 6.07 Å². The Hall–Kier alpha value is -2.62. The van der Waals surface area contributed by atoms with Gasteiger partial charge in [-0.05, 0) is 18.2 Å². The minimum absolute atomic E-state index is 0.0593. The first-order valence-corrected chi connectivity index (χ1v) is 5.72. The van der Waals surface area contributed by atoms with Crippen molar-refractivity contribution in [3.63, 3.8) is 0 Å². The van der Waals surface area contributed by atoms with Gasteiger partial charge in [-0.2, -0.15) is 0 Å². The number of carboxylic acid groups (broad SMARTS) is 1. The topological polar surface area (TPSA) is 63.6 Å². The smallest absolute Gasteiger partial charge is 0.338 e. The van der Waals surface area contributed by atoms with Crippen LogP contribution < -0.4 is 0 Å². The molecule has 19 heavy (non-hydrogen) atoms. The van der Waals surface area contributed by atoms with Gasteiger partial charge in [-0.25, -0.2) is 9.59 Å². The molecule has 0 amide bonds. The van der Waals surface area contributed by atoms with Gasteiger partial charge in [0.15, 0.2) is 0 Å². The largest absolute Gasteiger partial charge is 0.478 e. The Labute approximate surface area is 110 Å². The highest BCUT2D eigenvalue weighted by Gasteiger charge is 2.11. The van der Waals surface area contributed by atoms with E-state index in [-0.39, 0.29) is 12.2 Å². The molecule has 2 aromatic carbocycles. The van der Waals surface area contributed by atoms with Gasteiger partial charge in [-0.15, -0.1) is 0 Å². The van der Waals surface area contributed by atoms with Crippen LogP contribution in [0.5, 0.6) is 0 Å². The summed E-state index contributed by atoms with van der Waals surface area (Å²) < 4.78 is 5.10. The van der Waals surface area contributed by atoms with Crippen LogP contribution in [0.1, 0.15) is 26.3 Å². The van der Waals surface area contributed by atoms with Crippen LogP contribution in [0.2, 0.25) is 0 Å². The minimum Gasteiger partial charge on any atom is -0.478 e. The number of rotatable bonds is 4. The molecule has 0 aliphatic rings. The van der Waals surface area contributed by atoms with Gasteiger partial charge in [0.25, 0.3) is 0 Å². The molecule has 0 bridgehead atoms. The summed E-state index contributed by atoms with van der Waals surface area (Å²) in [5.74, 6) is -1.51. The van der Waals surface area contributed by atoms with Crippen molar-refractivity contribution in [2.24, 2.45) is 0 Å². The van der Waals surface area contributed by atoms with E-state index >= 15 is 0 Å². The lowest BCUT2D eigenvalue weighted by Gasteiger charge is -2.07. The number of carbonyl (C=O) groups excluding carboxylic acids is 1. The lowest BCUT2D eigenvalue weighted by atomic mass is 10.1. The van der Waals surface area contributed by atoms with Crippen LogP contribution in [0.25, 0.3) is 0 Å². The lowest BCUT2D eigenvalue weighted by Crippen LogP contribution is -2.08. The second-order valence-electron chi connectivity index (χ2n) is 3.90. The molecule has 0 saturated heterocycles. The van der Waals surface area contributed by atoms with E-state index in [1.54, 1.807) is 48.5 Å². The normalized spacial score (nSPS) is 9.89. The molecular weight excluding hydrogens is 244 g/mol. The Kier molecular flexibility index (Phi) is 3.93. The van der Waals surface area contributed by atoms with Gasteiger partial charge in [0.2, 0.25) is 0 Å². The summed E-state index contributed by atoms with van der Waals surface area (Å²) in [5, 5.41) is 9.01. The zero-order chi connectivity index (χ0) is 13.7. The monoisotopic (exact) mass is 256 g/mol. The van der Waals surface area contributed by atoms with Crippen molar-refractivity contribution in [3.8, 4) is 0 Å². The highest BCUT2D eigenvalue weighted by Crippen LogP contribution is 2.11. The molecule has 1 N–H and O–H groups in total. The van der Waals surface area contributed by atoms with E-state index in [2.05, 4.69) is 0 Å². The van der Waals surface area contributed by atoms with Crippen LogP contribution in [0, 0.1) is 0 Å². The first kappa shape index (κ1) is 12.8. The highest BCUT2D eigenvalue weighted by atomic mass is 16.5. The summed E-state index contributed by atoms with van der Waals surface area (Å²) in [4.78, 5) is 22.7. The van der Waals surface area contributed by atoms with Crippen LogP contribution in [0.4, 0.5) is 0 Å². The third kappa shape index (κ3) is 3.19. The quantitative estimate of drug-likeness (QED) is 0.854. The summed E-state index contributed by atoms with van der Waals surface area (Å²) in [5.41, 5.74) is 1.05. The van der Waals surface area contributed by atoms with E-state index < -0.39 is 11.9 Å². The zero-order valence-electron chi connectivity index (χ0n) is 10.1. The number of carboxylic acids is 1. The average molecular weight is 256 g/mol. The van der Waals surface area contributed by atoms with E-state index in [1.807, 2.05) is 0 Å². The number of carbonyl (C=O) groups is 2. The number of ether oxygens (including phenoxy) is 1. The SMILES string of the molecule is O=C(OCc1ccccc1C(=O)O)c1ccccc1. The molecule has 4 heteroatoms. The van der Waals surface area contributed by atoms with Crippen molar-refractivity contribution >= 4 is 11.9 Å². The van der Waals surface area contributed by atoms with Crippen LogP contribution in [0.3, 0.4) is 0 Å². The second-order valence-corrected chi connectivity index (χ2v) is 3.90. The first-order chi connectivity index (χ1) is 9.18. The molecule has 96 valence electrons. The molecule has 0 unspecified atom stereocenters. The standard InChI is InChI=1S/C15H12O4/c16-14(17)13-9-5-4-8-12(13)10-19-15(18)11-6-2-1-3-7-11/h1-9H,10H2,(H,16,17). The average Bonchev–Trinajstić information content (AvgIpc) is 2.46. The summed E-state index contributed by atoms with van der Waals surface area (Å²) >= 11 is 0. The van der Waals surface area contributed by atoms with Gasteiger partial charge in [-0.1, -0.05) is 36.4 Å². The Morgan fingerprint density at radius 3 is 2.26 bits per heavy atom. The highest BCUT2D eigenvalue weighted by molar-refractivity contribution is 5.90. The van der Waals surface area contributed by atoms with Crippen LogP contribution in [0.15, 0.2) is 54.6 Å². The van der Waals surface area contributed by atoms with Crippen LogP contribution in [-0.2, 0) is 11.3 Å². The van der Waals surface area contributed by atoms with Crippen molar-refractivity contribution < 1.29 is 19.4 Å². The molecule has 0 radical (unpaired) electrons. The Balaban J connectivity index is 2.07. The predicted octanol–water partition coefficient (Wildman–Crippen LogP) is 2.74. The third-order valence-corrected chi connectivity index (χ3v) is 2.62. The van der Waals surface area contributed by atoms with Crippen LogP contribution in [-0.4, -0.2) is 17.0 Å². The second kappa shape index (κ2) is 5.82. The predicted molar refractivity (Wildman–Crippen MR) is 69.0 cm³/mol. The van der Waals surface area contributed by atoms with Crippen molar-refractivity contribution in [3.05, 3.63) is 71.3 Å². The van der Waals surface area contributed by atoms with Gasteiger partial charge in [-0.3, -0.25) is 0 Å². The zero-order valence-corrected chi connectivity index (χ0v) is 10.1. The molecule has 0 atom stereocenters. The fourth-order valence-corrected chi connectivity index (χ4v) is 1.66. The maximum absolute atomic E-state index is 11.7. The maximum atomic E-state index is 11.7. The first-order valence-electron chi connectivity index (χ1n) is 5.72. The number of esters is 1. The third-order valence-electron chi connectivity index (χ3n) is 2.62. The molecule has 0 spiro atoms. The Morgan fingerprint density at radius 2 is 1.58 bits per heavy atom. The van der Waals surface area contributed by atoms with Crippen molar-refractivity contribution in [2.75, 3.05) is 0 Å². The molecule has 0 heterocycles. The maximum Gasteiger partial charge on any atom is 0.338 e. The van der Waals surface area contributed by atoms with Gasteiger partial charge < -0.3 is 9.84 Å². The van der Waals surface area contributed by atoms with Crippen molar-refractivity contribution in [1.29, 1.82) is 0 Å². The number of hydrogen-bond donors (Lipinski definition) is 1. The molecule has 0 saturated carbocycles. The fourth-order valence-electron chi connectivity index (χ4n) is 1.66. The van der Waals surface area contributed by atoms with E-state index in [4.69, 9.17) is 9.84 Å². The number of aromatic carboxylic acids is 1. The molecule has 0 aliphatic carbocycles. The number of benzene rings is 2. The van der Waals surface area contributed by atoms with Crippen molar-refractivity contribution in [2.45, 2.75) is 6.61 Å². The van der Waals surface area contributed by atoms with E-state index in [9.17, 15) is 9.59 Å². The Bertz CT molecular complexity index is 590. The molecule has 0 fully saturated rings. The molecule has 0 aliphatic heterocycles. The molecule has 2 aromatic rings. The van der Waals surface area contributed by atoms with Gasteiger partial charge in [0, 0.05) is 5.56 Å².